The van der Waals surface area contributed by atoms with Crippen molar-refractivity contribution in [3.8, 4) is 0 Å². The van der Waals surface area contributed by atoms with Crippen molar-refractivity contribution in [1.29, 1.82) is 0 Å². The van der Waals surface area contributed by atoms with Crippen molar-refractivity contribution in [3.05, 3.63) is 11.1 Å². The number of thiazole rings is 1. The normalized spacial score (nSPS) is 11.8. The number of nitrogens with one attached hydrogen (secondary N) is 1. The monoisotopic (exact) mass is 285 g/mol. The SMILES string of the molecule is CCN(CC)c1ncc(CNCC(O)(CC)CC)s1. The van der Waals surface area contributed by atoms with Gasteiger partial charge in [0, 0.05) is 37.3 Å². The van der Waals surface area contributed by atoms with Gasteiger partial charge in [-0.15, -0.1) is 11.3 Å². The Morgan fingerprint density at radius 3 is 2.42 bits per heavy atom. The molecule has 1 rings (SSSR count). The predicted octanol–water partition coefficient (Wildman–Crippen LogP) is 2.63. The Bertz CT molecular complexity index is 359. The summed E-state index contributed by atoms with van der Waals surface area (Å²) in [5.74, 6) is 0. The Labute approximate surface area is 120 Å². The highest BCUT2D eigenvalue weighted by Gasteiger charge is 2.21. The Morgan fingerprint density at radius 2 is 1.89 bits per heavy atom. The third-order valence-corrected chi connectivity index (χ3v) is 4.70. The Kier molecular flexibility index (Phi) is 6.75. The van der Waals surface area contributed by atoms with Crippen LogP contribution in [0, 0.1) is 0 Å². The fourth-order valence-electron chi connectivity index (χ4n) is 1.94. The molecule has 1 aromatic rings. The predicted molar refractivity (Wildman–Crippen MR) is 82.9 cm³/mol. The van der Waals surface area contributed by atoms with Crippen molar-refractivity contribution in [3.63, 3.8) is 0 Å². The topological polar surface area (TPSA) is 48.4 Å². The van der Waals surface area contributed by atoms with Crippen LogP contribution < -0.4 is 10.2 Å². The molecule has 19 heavy (non-hydrogen) atoms. The summed E-state index contributed by atoms with van der Waals surface area (Å²) in [5.41, 5.74) is -0.577. The van der Waals surface area contributed by atoms with E-state index in [-0.39, 0.29) is 0 Å². The molecular weight excluding hydrogens is 258 g/mol. The van der Waals surface area contributed by atoms with Crippen molar-refractivity contribution in [2.24, 2.45) is 0 Å². The number of aromatic nitrogens is 1. The molecule has 110 valence electrons. The molecule has 0 saturated carbocycles. The summed E-state index contributed by atoms with van der Waals surface area (Å²) in [7, 11) is 0. The van der Waals surface area contributed by atoms with Gasteiger partial charge in [0.15, 0.2) is 5.13 Å². The van der Waals surface area contributed by atoms with E-state index in [1.807, 2.05) is 20.0 Å². The number of rotatable bonds is 9. The van der Waals surface area contributed by atoms with Gasteiger partial charge >= 0.3 is 0 Å². The van der Waals surface area contributed by atoms with Gasteiger partial charge in [-0.05, 0) is 26.7 Å². The van der Waals surface area contributed by atoms with Gasteiger partial charge in [-0.3, -0.25) is 0 Å². The molecule has 0 aliphatic rings. The molecule has 1 heterocycles. The first-order valence-electron chi connectivity index (χ1n) is 7.21. The summed E-state index contributed by atoms with van der Waals surface area (Å²) in [6.45, 7) is 11.7. The van der Waals surface area contributed by atoms with Crippen molar-refractivity contribution in [1.82, 2.24) is 10.3 Å². The maximum Gasteiger partial charge on any atom is 0.185 e. The van der Waals surface area contributed by atoms with E-state index in [0.717, 1.165) is 37.6 Å². The van der Waals surface area contributed by atoms with Crippen molar-refractivity contribution >= 4 is 16.5 Å². The van der Waals surface area contributed by atoms with Gasteiger partial charge in [0.25, 0.3) is 0 Å². The Morgan fingerprint density at radius 1 is 1.26 bits per heavy atom. The Balaban J connectivity index is 2.46. The van der Waals surface area contributed by atoms with Crippen LogP contribution in [-0.4, -0.2) is 35.3 Å². The third-order valence-electron chi connectivity index (χ3n) is 3.64. The van der Waals surface area contributed by atoms with Gasteiger partial charge in [-0.25, -0.2) is 4.98 Å². The lowest BCUT2D eigenvalue weighted by atomic mass is 9.98. The molecule has 0 fully saturated rings. The molecule has 0 aromatic carbocycles. The molecule has 5 heteroatoms. The van der Waals surface area contributed by atoms with Crippen LogP contribution in [0.15, 0.2) is 6.20 Å². The summed E-state index contributed by atoms with van der Waals surface area (Å²) in [5, 5.41) is 14.6. The molecule has 0 amide bonds. The summed E-state index contributed by atoms with van der Waals surface area (Å²) >= 11 is 1.73. The molecule has 0 unspecified atom stereocenters. The second-order valence-corrected chi connectivity index (χ2v) is 5.91. The highest BCUT2D eigenvalue weighted by Crippen LogP contribution is 2.22. The molecule has 0 saturated heterocycles. The summed E-state index contributed by atoms with van der Waals surface area (Å²) in [6.07, 6.45) is 3.50. The number of hydrogen-bond acceptors (Lipinski definition) is 5. The first kappa shape index (κ1) is 16.4. The lowest BCUT2D eigenvalue weighted by Crippen LogP contribution is -2.39. The van der Waals surface area contributed by atoms with Gasteiger partial charge in [-0.2, -0.15) is 0 Å². The van der Waals surface area contributed by atoms with Gasteiger partial charge in [0.2, 0.25) is 0 Å². The van der Waals surface area contributed by atoms with E-state index in [9.17, 15) is 5.11 Å². The van der Waals surface area contributed by atoms with Crippen molar-refractivity contribution in [2.75, 3.05) is 24.5 Å². The quantitative estimate of drug-likeness (QED) is 0.732. The highest BCUT2D eigenvalue weighted by atomic mass is 32.1. The van der Waals surface area contributed by atoms with Crippen LogP contribution in [0.5, 0.6) is 0 Å². The molecule has 0 radical (unpaired) electrons. The maximum atomic E-state index is 10.2. The fourth-order valence-corrected chi connectivity index (χ4v) is 2.94. The molecule has 0 bridgehead atoms. The average Bonchev–Trinajstić information content (AvgIpc) is 2.89. The zero-order chi connectivity index (χ0) is 14.3. The van der Waals surface area contributed by atoms with Crippen LogP contribution in [0.25, 0.3) is 0 Å². The van der Waals surface area contributed by atoms with Gasteiger partial charge in [0.05, 0.1) is 5.60 Å². The van der Waals surface area contributed by atoms with E-state index in [1.165, 1.54) is 4.88 Å². The molecule has 0 aliphatic carbocycles. The van der Waals surface area contributed by atoms with Gasteiger partial charge < -0.3 is 15.3 Å². The molecule has 1 aromatic heterocycles. The van der Waals surface area contributed by atoms with E-state index in [0.29, 0.717) is 6.54 Å². The molecule has 0 spiro atoms. The second kappa shape index (κ2) is 7.82. The molecular formula is C14H27N3OS. The lowest BCUT2D eigenvalue weighted by molar-refractivity contribution is 0.0323. The summed E-state index contributed by atoms with van der Waals surface area (Å²) < 4.78 is 0. The van der Waals surface area contributed by atoms with E-state index in [2.05, 4.69) is 29.0 Å². The second-order valence-electron chi connectivity index (χ2n) is 4.82. The van der Waals surface area contributed by atoms with Crippen LogP contribution >= 0.6 is 11.3 Å². The van der Waals surface area contributed by atoms with E-state index in [4.69, 9.17) is 0 Å². The summed E-state index contributed by atoms with van der Waals surface area (Å²) in [4.78, 5) is 7.93. The molecule has 4 nitrogen and oxygen atoms in total. The lowest BCUT2D eigenvalue weighted by Gasteiger charge is -2.25. The van der Waals surface area contributed by atoms with Crippen LogP contribution in [-0.2, 0) is 6.54 Å². The number of nitrogens with zero attached hydrogens (tertiary/aromatic N) is 2. The van der Waals surface area contributed by atoms with Crippen molar-refractivity contribution < 1.29 is 5.11 Å². The van der Waals surface area contributed by atoms with Gasteiger partial charge in [0.1, 0.15) is 0 Å². The summed E-state index contributed by atoms with van der Waals surface area (Å²) in [6, 6.07) is 0. The van der Waals surface area contributed by atoms with Crippen LogP contribution in [0.2, 0.25) is 0 Å². The minimum atomic E-state index is -0.577. The smallest absolute Gasteiger partial charge is 0.185 e. The van der Waals surface area contributed by atoms with Crippen molar-refractivity contribution in [2.45, 2.75) is 52.7 Å². The zero-order valence-electron chi connectivity index (χ0n) is 12.6. The van der Waals surface area contributed by atoms with Crippen LogP contribution in [0.4, 0.5) is 5.13 Å². The number of anilines is 1. The minimum absolute atomic E-state index is 0.577. The first-order valence-corrected chi connectivity index (χ1v) is 8.02. The fraction of sp³-hybridized carbons (Fsp3) is 0.786. The number of hydrogen-bond donors (Lipinski definition) is 2. The van der Waals surface area contributed by atoms with E-state index < -0.39 is 5.60 Å². The highest BCUT2D eigenvalue weighted by molar-refractivity contribution is 7.15. The molecule has 0 atom stereocenters. The van der Waals surface area contributed by atoms with Crippen LogP contribution in [0.3, 0.4) is 0 Å². The average molecular weight is 285 g/mol. The minimum Gasteiger partial charge on any atom is -0.389 e. The largest absolute Gasteiger partial charge is 0.389 e. The van der Waals surface area contributed by atoms with Gasteiger partial charge in [-0.1, -0.05) is 13.8 Å². The first-order chi connectivity index (χ1) is 9.08. The standard InChI is InChI=1S/C14H27N3OS/c1-5-14(18,6-2)11-15-9-12-10-16-13(19-12)17(7-3)8-4/h10,15,18H,5-9,11H2,1-4H3. The molecule has 0 aliphatic heterocycles. The van der Waals surface area contributed by atoms with E-state index in [1.54, 1.807) is 11.3 Å². The maximum absolute atomic E-state index is 10.2. The Hall–Kier alpha value is -0.650. The zero-order valence-corrected chi connectivity index (χ0v) is 13.4. The van der Waals surface area contributed by atoms with Crippen LogP contribution in [0.1, 0.15) is 45.4 Å². The van der Waals surface area contributed by atoms with E-state index >= 15 is 0 Å². The number of aliphatic hydroxyl groups is 1. The molecule has 2 N–H and O–H groups in total. The third kappa shape index (κ3) is 4.75.